The van der Waals surface area contributed by atoms with Gasteiger partial charge in [0.15, 0.2) is 0 Å². The van der Waals surface area contributed by atoms with Gasteiger partial charge in [-0.3, -0.25) is 9.59 Å². The zero-order valence-corrected chi connectivity index (χ0v) is 16.5. The van der Waals surface area contributed by atoms with Crippen molar-refractivity contribution in [2.75, 3.05) is 13.1 Å². The van der Waals surface area contributed by atoms with Crippen LogP contribution in [-0.2, 0) is 4.79 Å². The van der Waals surface area contributed by atoms with Crippen LogP contribution in [0.5, 0.6) is 0 Å². The van der Waals surface area contributed by atoms with Crippen LogP contribution in [0.25, 0.3) is 0 Å². The van der Waals surface area contributed by atoms with Gasteiger partial charge < -0.3 is 4.90 Å². The second kappa shape index (κ2) is 9.31. The Hall–Kier alpha value is -2.95. The molecule has 2 aromatic rings. The molecule has 0 unspecified atom stereocenters. The normalized spacial score (nSPS) is 15.2. The van der Waals surface area contributed by atoms with Gasteiger partial charge in [0.2, 0.25) is 5.91 Å². The molecule has 0 bridgehead atoms. The number of nitrogens with zero attached hydrogens (tertiary/aromatic N) is 2. The van der Waals surface area contributed by atoms with Crippen molar-refractivity contribution in [3.63, 3.8) is 0 Å². The number of carbonyl (C=O) groups excluding carboxylic acids is 2. The fourth-order valence-electron chi connectivity index (χ4n) is 3.34. The van der Waals surface area contributed by atoms with E-state index >= 15 is 0 Å². The summed E-state index contributed by atoms with van der Waals surface area (Å²) >= 11 is 0. The lowest BCUT2D eigenvalue weighted by molar-refractivity contribution is -0.126. The Morgan fingerprint density at radius 3 is 2.29 bits per heavy atom. The van der Waals surface area contributed by atoms with Crippen LogP contribution >= 0.6 is 0 Å². The van der Waals surface area contributed by atoms with E-state index in [0.717, 1.165) is 5.56 Å². The molecule has 0 spiro atoms. The van der Waals surface area contributed by atoms with Crippen molar-refractivity contribution in [2.24, 2.45) is 11.0 Å². The molecule has 5 heteroatoms. The zero-order valence-electron chi connectivity index (χ0n) is 16.5. The maximum absolute atomic E-state index is 12.5. The molecular formula is C23H27N3O2. The minimum Gasteiger partial charge on any atom is -0.339 e. The third kappa shape index (κ3) is 5.06. The summed E-state index contributed by atoms with van der Waals surface area (Å²) in [7, 11) is 0. The van der Waals surface area contributed by atoms with Crippen LogP contribution in [0, 0.1) is 5.92 Å². The topological polar surface area (TPSA) is 61.8 Å². The summed E-state index contributed by atoms with van der Waals surface area (Å²) in [6.07, 6.45) is 2.97. The summed E-state index contributed by atoms with van der Waals surface area (Å²) in [5, 5.41) is 4.09. The number of hydrogen-bond acceptors (Lipinski definition) is 3. The van der Waals surface area contributed by atoms with E-state index in [1.165, 1.54) is 5.56 Å². The second-order valence-electron chi connectivity index (χ2n) is 7.49. The first-order chi connectivity index (χ1) is 13.5. The first-order valence-electron chi connectivity index (χ1n) is 9.82. The monoisotopic (exact) mass is 377 g/mol. The van der Waals surface area contributed by atoms with Crippen molar-refractivity contribution < 1.29 is 9.59 Å². The lowest BCUT2D eigenvalue weighted by Gasteiger charge is -2.31. The smallest absolute Gasteiger partial charge is 0.253 e. The van der Waals surface area contributed by atoms with Crippen LogP contribution < -0.4 is 5.43 Å². The predicted octanol–water partition coefficient (Wildman–Crippen LogP) is 3.81. The molecule has 1 N–H and O–H groups in total. The third-order valence-electron chi connectivity index (χ3n) is 5.17. The number of carbonyl (C=O) groups is 2. The van der Waals surface area contributed by atoms with Gasteiger partial charge in [0.1, 0.15) is 0 Å². The van der Waals surface area contributed by atoms with E-state index in [1.54, 1.807) is 6.21 Å². The van der Waals surface area contributed by atoms with Crippen LogP contribution in [0.4, 0.5) is 0 Å². The lowest BCUT2D eigenvalue weighted by Crippen LogP contribution is -2.42. The summed E-state index contributed by atoms with van der Waals surface area (Å²) in [6.45, 7) is 5.49. The number of likely N-dealkylation sites (tertiary alicyclic amines) is 1. The molecule has 2 aromatic carbocycles. The van der Waals surface area contributed by atoms with Crippen LogP contribution in [0.2, 0.25) is 0 Å². The number of hydrazone groups is 1. The van der Waals surface area contributed by atoms with Gasteiger partial charge in [-0.1, -0.05) is 56.3 Å². The molecule has 2 amide bonds. The second-order valence-corrected chi connectivity index (χ2v) is 7.49. The van der Waals surface area contributed by atoms with Gasteiger partial charge in [-0.25, -0.2) is 5.43 Å². The highest BCUT2D eigenvalue weighted by Crippen LogP contribution is 2.19. The highest BCUT2D eigenvalue weighted by atomic mass is 16.2. The van der Waals surface area contributed by atoms with Crippen LogP contribution in [-0.4, -0.2) is 36.0 Å². The molecule has 28 heavy (non-hydrogen) atoms. The number of benzene rings is 2. The summed E-state index contributed by atoms with van der Waals surface area (Å²) < 4.78 is 0. The van der Waals surface area contributed by atoms with Crippen molar-refractivity contribution >= 4 is 18.0 Å². The Labute approximate surface area is 166 Å². The van der Waals surface area contributed by atoms with Crippen LogP contribution in [0.15, 0.2) is 59.7 Å². The van der Waals surface area contributed by atoms with Crippen molar-refractivity contribution in [1.29, 1.82) is 0 Å². The number of piperidine rings is 1. The number of nitrogens with one attached hydrogen (secondary N) is 1. The van der Waals surface area contributed by atoms with Crippen molar-refractivity contribution in [1.82, 2.24) is 10.3 Å². The summed E-state index contributed by atoms with van der Waals surface area (Å²) in [6, 6.07) is 17.4. The molecule has 0 aliphatic carbocycles. The molecule has 1 aliphatic heterocycles. The summed E-state index contributed by atoms with van der Waals surface area (Å²) in [4.78, 5) is 26.6. The predicted molar refractivity (Wildman–Crippen MR) is 111 cm³/mol. The Morgan fingerprint density at radius 1 is 1.04 bits per heavy atom. The number of amides is 2. The van der Waals surface area contributed by atoms with E-state index in [1.807, 2.05) is 47.4 Å². The van der Waals surface area contributed by atoms with Crippen molar-refractivity contribution in [3.8, 4) is 0 Å². The van der Waals surface area contributed by atoms with Gasteiger partial charge in [0, 0.05) is 24.6 Å². The SMILES string of the molecule is CC(C)c1ccc(/C=N\NC(=O)C2CCN(C(=O)c3ccccc3)CC2)cc1. The first-order valence-corrected chi connectivity index (χ1v) is 9.82. The standard InChI is InChI=1S/C23H27N3O2/c1-17(2)19-10-8-18(9-11-19)16-24-25-22(27)20-12-14-26(15-13-20)23(28)21-6-4-3-5-7-21/h3-11,16-17,20H,12-15H2,1-2H3,(H,25,27)/b24-16-. The highest BCUT2D eigenvalue weighted by Gasteiger charge is 2.27. The van der Waals surface area contributed by atoms with Crippen molar-refractivity contribution in [2.45, 2.75) is 32.6 Å². The molecule has 5 nitrogen and oxygen atoms in total. The highest BCUT2D eigenvalue weighted by molar-refractivity contribution is 5.94. The average Bonchev–Trinajstić information content (AvgIpc) is 2.74. The van der Waals surface area contributed by atoms with E-state index in [-0.39, 0.29) is 17.7 Å². The van der Waals surface area contributed by atoms with Gasteiger partial charge in [0.05, 0.1) is 6.21 Å². The summed E-state index contributed by atoms with van der Waals surface area (Å²) in [5.74, 6) is 0.329. The number of hydrogen-bond donors (Lipinski definition) is 1. The van der Waals surface area contributed by atoms with Gasteiger partial charge in [0.25, 0.3) is 5.91 Å². The molecule has 1 saturated heterocycles. The molecule has 0 radical (unpaired) electrons. The van der Waals surface area contributed by atoms with Gasteiger partial charge in [-0.15, -0.1) is 0 Å². The molecule has 1 fully saturated rings. The first kappa shape index (κ1) is 19.8. The van der Waals surface area contributed by atoms with E-state index < -0.39 is 0 Å². The third-order valence-corrected chi connectivity index (χ3v) is 5.17. The van der Waals surface area contributed by atoms with E-state index in [4.69, 9.17) is 0 Å². The Bertz CT molecular complexity index is 821. The van der Waals surface area contributed by atoms with Crippen LogP contribution in [0.3, 0.4) is 0 Å². The molecule has 146 valence electrons. The minimum absolute atomic E-state index is 0.0299. The molecule has 0 atom stereocenters. The lowest BCUT2D eigenvalue weighted by atomic mass is 9.95. The Balaban J connectivity index is 1.46. The molecule has 0 aromatic heterocycles. The quantitative estimate of drug-likeness (QED) is 0.636. The Kier molecular flexibility index (Phi) is 6.58. The molecule has 3 rings (SSSR count). The van der Waals surface area contributed by atoms with Gasteiger partial charge in [-0.05, 0) is 42.0 Å². The maximum atomic E-state index is 12.5. The Morgan fingerprint density at radius 2 is 1.68 bits per heavy atom. The maximum Gasteiger partial charge on any atom is 0.253 e. The molecule has 1 aliphatic rings. The van der Waals surface area contributed by atoms with E-state index in [2.05, 4.69) is 36.5 Å². The van der Waals surface area contributed by atoms with E-state index in [9.17, 15) is 9.59 Å². The van der Waals surface area contributed by atoms with Gasteiger partial charge in [-0.2, -0.15) is 5.10 Å². The van der Waals surface area contributed by atoms with E-state index in [0.29, 0.717) is 37.4 Å². The summed E-state index contributed by atoms with van der Waals surface area (Å²) in [5.41, 5.74) is 5.56. The van der Waals surface area contributed by atoms with Gasteiger partial charge >= 0.3 is 0 Å². The fraction of sp³-hybridized carbons (Fsp3) is 0.348. The molecule has 0 saturated carbocycles. The molecular weight excluding hydrogens is 350 g/mol. The fourth-order valence-corrected chi connectivity index (χ4v) is 3.34. The van der Waals surface area contributed by atoms with Crippen LogP contribution in [0.1, 0.15) is 54.1 Å². The number of rotatable bonds is 5. The minimum atomic E-state index is -0.111. The average molecular weight is 377 g/mol. The zero-order chi connectivity index (χ0) is 19.9. The molecule has 1 heterocycles. The van der Waals surface area contributed by atoms with Crippen molar-refractivity contribution in [3.05, 3.63) is 71.3 Å². The largest absolute Gasteiger partial charge is 0.339 e.